The normalized spacial score (nSPS) is 17.1. The third-order valence-corrected chi connectivity index (χ3v) is 6.24. The first-order chi connectivity index (χ1) is 15.7. The number of benzene rings is 3. The van der Waals surface area contributed by atoms with Crippen LogP contribution in [0.25, 0.3) is 11.0 Å². The molecule has 162 valence electrons. The molecule has 5 heteroatoms. The number of hydrogen-bond donors (Lipinski definition) is 0. The molecule has 0 unspecified atom stereocenters. The van der Waals surface area contributed by atoms with Gasteiger partial charge in [-0.2, -0.15) is 0 Å². The van der Waals surface area contributed by atoms with Crippen LogP contribution in [0.4, 0.5) is 5.69 Å². The van der Waals surface area contributed by atoms with Gasteiger partial charge in [0.2, 0.25) is 5.91 Å². The molecule has 1 aliphatic rings. The summed E-state index contributed by atoms with van der Waals surface area (Å²) in [6, 6.07) is 26.6. The zero-order chi connectivity index (χ0) is 22.1. The number of fused-ring (bicyclic) bond motifs is 1. The summed E-state index contributed by atoms with van der Waals surface area (Å²) in [7, 11) is 0. The zero-order valence-electron chi connectivity index (χ0n) is 18.4. The van der Waals surface area contributed by atoms with Gasteiger partial charge in [-0.3, -0.25) is 4.79 Å². The molecule has 32 heavy (non-hydrogen) atoms. The van der Waals surface area contributed by atoms with E-state index in [-0.39, 0.29) is 17.9 Å². The zero-order valence-corrected chi connectivity index (χ0v) is 18.4. The van der Waals surface area contributed by atoms with E-state index >= 15 is 0 Å². The van der Waals surface area contributed by atoms with E-state index in [0.29, 0.717) is 19.6 Å². The second-order valence-corrected chi connectivity index (χ2v) is 8.22. The summed E-state index contributed by atoms with van der Waals surface area (Å²) in [5, 5.41) is 0. The number of para-hydroxylation sites is 4. The fraction of sp³-hybridized carbons (Fsp3) is 0.259. The maximum Gasteiger partial charge on any atom is 0.227 e. The fourth-order valence-electron chi connectivity index (χ4n) is 4.71. The van der Waals surface area contributed by atoms with Gasteiger partial charge in [-0.15, -0.1) is 0 Å². The van der Waals surface area contributed by atoms with Crippen LogP contribution in [0.1, 0.15) is 43.6 Å². The number of hydrogen-bond acceptors (Lipinski definition) is 3. The van der Waals surface area contributed by atoms with E-state index < -0.39 is 0 Å². The third kappa shape index (κ3) is 3.54. The Morgan fingerprint density at radius 1 is 1.00 bits per heavy atom. The standard InChI is InChI=1S/C27H27N3O2/c1-3-32-25-16-10-9-15-24(25)29-18-21(17-26(29)31)27-28-22-13-7-8-14-23(22)30(27)19(2)20-11-5-4-6-12-20/h4-16,19,21H,3,17-18H2,1-2H3/t19-,21-/m1/s1. The Labute approximate surface area is 188 Å². The van der Waals surface area contributed by atoms with Crippen LogP contribution in [0.15, 0.2) is 78.9 Å². The van der Waals surface area contributed by atoms with Crippen LogP contribution in [0.2, 0.25) is 0 Å². The molecule has 3 aromatic carbocycles. The Balaban J connectivity index is 1.55. The molecular formula is C27H27N3O2. The lowest BCUT2D eigenvalue weighted by atomic mass is 10.0. The molecule has 1 saturated heterocycles. The number of ether oxygens (including phenoxy) is 1. The number of rotatable bonds is 6. The predicted molar refractivity (Wildman–Crippen MR) is 127 cm³/mol. The summed E-state index contributed by atoms with van der Waals surface area (Å²) in [6.45, 7) is 5.31. The molecule has 5 rings (SSSR count). The number of carbonyl (C=O) groups is 1. The molecule has 2 heterocycles. The lowest BCUT2D eigenvalue weighted by Crippen LogP contribution is -2.25. The first kappa shape index (κ1) is 20.3. The average Bonchev–Trinajstić information content (AvgIpc) is 3.40. The minimum absolute atomic E-state index is 0.00995. The van der Waals surface area contributed by atoms with Crippen LogP contribution in [-0.2, 0) is 4.79 Å². The molecule has 1 aliphatic heterocycles. The van der Waals surface area contributed by atoms with Gasteiger partial charge in [-0.05, 0) is 43.7 Å². The number of anilines is 1. The minimum Gasteiger partial charge on any atom is -0.492 e. The highest BCUT2D eigenvalue weighted by Gasteiger charge is 2.36. The molecule has 0 N–H and O–H groups in total. The minimum atomic E-state index is 0.00995. The molecule has 2 atom stereocenters. The van der Waals surface area contributed by atoms with Crippen LogP contribution in [0.5, 0.6) is 5.75 Å². The van der Waals surface area contributed by atoms with E-state index in [4.69, 9.17) is 9.72 Å². The van der Waals surface area contributed by atoms with Crippen molar-refractivity contribution in [1.29, 1.82) is 0 Å². The van der Waals surface area contributed by atoms with Gasteiger partial charge in [-0.25, -0.2) is 4.98 Å². The Morgan fingerprint density at radius 3 is 2.53 bits per heavy atom. The molecule has 1 fully saturated rings. The lowest BCUT2D eigenvalue weighted by Gasteiger charge is -2.22. The van der Waals surface area contributed by atoms with Crippen molar-refractivity contribution in [1.82, 2.24) is 9.55 Å². The van der Waals surface area contributed by atoms with Gasteiger partial charge in [0.05, 0.1) is 29.4 Å². The number of carbonyl (C=O) groups excluding carboxylic acids is 1. The van der Waals surface area contributed by atoms with Crippen LogP contribution in [-0.4, -0.2) is 28.6 Å². The maximum absolute atomic E-state index is 13.1. The van der Waals surface area contributed by atoms with Crippen LogP contribution < -0.4 is 9.64 Å². The summed E-state index contributed by atoms with van der Waals surface area (Å²) in [6.07, 6.45) is 0.436. The van der Waals surface area contributed by atoms with Gasteiger partial charge in [0.15, 0.2) is 0 Å². The van der Waals surface area contributed by atoms with Gasteiger partial charge in [-0.1, -0.05) is 54.6 Å². The molecule has 0 radical (unpaired) electrons. The summed E-state index contributed by atoms with van der Waals surface area (Å²) in [5.74, 6) is 1.83. The topological polar surface area (TPSA) is 47.4 Å². The van der Waals surface area contributed by atoms with Crippen molar-refractivity contribution in [2.24, 2.45) is 0 Å². The SMILES string of the molecule is CCOc1ccccc1N1C[C@H](c2nc3ccccc3n2[C@H](C)c2ccccc2)CC1=O. The maximum atomic E-state index is 13.1. The van der Waals surface area contributed by atoms with E-state index in [1.54, 1.807) is 0 Å². The van der Waals surface area contributed by atoms with Crippen molar-refractivity contribution in [3.05, 3.63) is 90.3 Å². The summed E-state index contributed by atoms with van der Waals surface area (Å²) in [5.41, 5.74) is 4.12. The summed E-state index contributed by atoms with van der Waals surface area (Å²) < 4.78 is 8.10. The Kier molecular flexibility index (Phi) is 5.39. The Morgan fingerprint density at radius 2 is 1.72 bits per heavy atom. The first-order valence-electron chi connectivity index (χ1n) is 11.2. The highest BCUT2D eigenvalue weighted by atomic mass is 16.5. The lowest BCUT2D eigenvalue weighted by molar-refractivity contribution is -0.117. The highest BCUT2D eigenvalue weighted by Crippen LogP contribution is 2.38. The van der Waals surface area contributed by atoms with Crippen molar-refractivity contribution in [2.75, 3.05) is 18.1 Å². The first-order valence-corrected chi connectivity index (χ1v) is 11.2. The molecule has 0 bridgehead atoms. The smallest absolute Gasteiger partial charge is 0.227 e. The van der Waals surface area contributed by atoms with Crippen molar-refractivity contribution in [3.8, 4) is 5.75 Å². The monoisotopic (exact) mass is 425 g/mol. The van der Waals surface area contributed by atoms with Crippen molar-refractivity contribution >= 4 is 22.6 Å². The summed E-state index contributed by atoms with van der Waals surface area (Å²) >= 11 is 0. The predicted octanol–water partition coefficient (Wildman–Crippen LogP) is 5.56. The van der Waals surface area contributed by atoms with E-state index in [1.165, 1.54) is 5.56 Å². The Hall–Kier alpha value is -3.60. The van der Waals surface area contributed by atoms with Gasteiger partial charge < -0.3 is 14.2 Å². The molecular weight excluding hydrogens is 398 g/mol. The molecule has 0 spiro atoms. The number of imidazole rings is 1. The molecule has 1 amide bonds. The van der Waals surface area contributed by atoms with E-state index in [1.807, 2.05) is 60.4 Å². The largest absolute Gasteiger partial charge is 0.492 e. The molecule has 4 aromatic rings. The average molecular weight is 426 g/mol. The number of nitrogens with zero attached hydrogens (tertiary/aromatic N) is 3. The van der Waals surface area contributed by atoms with Gasteiger partial charge in [0, 0.05) is 18.9 Å². The van der Waals surface area contributed by atoms with E-state index in [0.717, 1.165) is 28.3 Å². The molecule has 0 aliphatic carbocycles. The number of aromatic nitrogens is 2. The Bertz CT molecular complexity index is 1250. The number of amides is 1. The molecule has 1 aromatic heterocycles. The molecule has 5 nitrogen and oxygen atoms in total. The van der Waals surface area contributed by atoms with E-state index in [9.17, 15) is 4.79 Å². The third-order valence-electron chi connectivity index (χ3n) is 6.24. The van der Waals surface area contributed by atoms with Crippen molar-refractivity contribution in [2.45, 2.75) is 32.2 Å². The van der Waals surface area contributed by atoms with Crippen molar-refractivity contribution < 1.29 is 9.53 Å². The van der Waals surface area contributed by atoms with Gasteiger partial charge in [0.1, 0.15) is 11.6 Å². The fourth-order valence-corrected chi connectivity index (χ4v) is 4.71. The van der Waals surface area contributed by atoms with Gasteiger partial charge in [0.25, 0.3) is 0 Å². The van der Waals surface area contributed by atoms with Crippen LogP contribution in [0.3, 0.4) is 0 Å². The van der Waals surface area contributed by atoms with Crippen LogP contribution >= 0.6 is 0 Å². The molecule has 0 saturated carbocycles. The van der Waals surface area contributed by atoms with Gasteiger partial charge >= 0.3 is 0 Å². The quantitative estimate of drug-likeness (QED) is 0.406. The summed E-state index contributed by atoms with van der Waals surface area (Å²) in [4.78, 5) is 20.0. The van der Waals surface area contributed by atoms with E-state index in [2.05, 4.69) is 41.8 Å². The van der Waals surface area contributed by atoms with Crippen molar-refractivity contribution in [3.63, 3.8) is 0 Å². The second-order valence-electron chi connectivity index (χ2n) is 8.22. The van der Waals surface area contributed by atoms with Crippen LogP contribution in [0, 0.1) is 0 Å². The highest BCUT2D eigenvalue weighted by molar-refractivity contribution is 5.98. The second kappa shape index (κ2) is 8.50.